The van der Waals surface area contributed by atoms with Crippen molar-refractivity contribution < 1.29 is 4.79 Å². The number of hydrogen-bond acceptors (Lipinski definition) is 5. The second kappa shape index (κ2) is 5.65. The average Bonchev–Trinajstić information content (AvgIpc) is 2.89. The lowest BCUT2D eigenvalue weighted by atomic mass is 10.2. The van der Waals surface area contributed by atoms with Crippen LogP contribution < -0.4 is 0 Å². The molecule has 2 aromatic heterocycles. The number of benzene rings is 1. The van der Waals surface area contributed by atoms with E-state index in [-0.39, 0.29) is 5.78 Å². The summed E-state index contributed by atoms with van der Waals surface area (Å²) in [7, 11) is 0. The summed E-state index contributed by atoms with van der Waals surface area (Å²) in [5, 5.41) is 8.88. The van der Waals surface area contributed by atoms with Gasteiger partial charge in [-0.2, -0.15) is 0 Å². The van der Waals surface area contributed by atoms with E-state index >= 15 is 0 Å². The molecule has 0 atom stereocenters. The Morgan fingerprint density at radius 2 is 1.95 bits per heavy atom. The molecule has 21 heavy (non-hydrogen) atoms. The number of rotatable bonds is 4. The van der Waals surface area contributed by atoms with Gasteiger partial charge in [0.1, 0.15) is 0 Å². The van der Waals surface area contributed by atoms with Gasteiger partial charge in [-0.05, 0) is 19.9 Å². The summed E-state index contributed by atoms with van der Waals surface area (Å²) in [5.41, 5.74) is 2.63. The van der Waals surface area contributed by atoms with Crippen molar-refractivity contribution in [3.05, 3.63) is 53.3 Å². The highest BCUT2D eigenvalue weighted by Gasteiger charge is 2.13. The second-order valence-electron chi connectivity index (χ2n) is 4.73. The first-order valence-corrected chi connectivity index (χ1v) is 7.54. The molecule has 3 aromatic rings. The molecule has 0 aliphatic heterocycles. The predicted octanol–water partition coefficient (Wildman–Crippen LogP) is 2.72. The predicted molar refractivity (Wildman–Crippen MR) is 81.8 cm³/mol. The number of hydrogen-bond donors (Lipinski definition) is 0. The third kappa shape index (κ3) is 2.80. The van der Waals surface area contributed by atoms with Gasteiger partial charge < -0.3 is 0 Å². The van der Waals surface area contributed by atoms with E-state index in [9.17, 15) is 4.79 Å². The first-order valence-electron chi connectivity index (χ1n) is 6.55. The molecule has 6 heteroatoms. The molecule has 0 amide bonds. The Balaban J connectivity index is 1.82. The SMILES string of the molecule is Cc1cc(C)n2c(SCC(=O)c3ccccc3)nnc2n1. The summed E-state index contributed by atoms with van der Waals surface area (Å²) in [5.74, 6) is 0.982. The van der Waals surface area contributed by atoms with Crippen LogP contribution >= 0.6 is 11.8 Å². The highest BCUT2D eigenvalue weighted by molar-refractivity contribution is 7.99. The maximum absolute atomic E-state index is 12.1. The second-order valence-corrected chi connectivity index (χ2v) is 5.68. The van der Waals surface area contributed by atoms with Gasteiger partial charge in [-0.15, -0.1) is 10.2 Å². The van der Waals surface area contributed by atoms with E-state index < -0.39 is 0 Å². The smallest absolute Gasteiger partial charge is 0.256 e. The third-order valence-electron chi connectivity index (χ3n) is 3.09. The Kier molecular flexibility index (Phi) is 3.70. The summed E-state index contributed by atoms with van der Waals surface area (Å²) in [6, 6.07) is 11.2. The Labute approximate surface area is 126 Å². The van der Waals surface area contributed by atoms with Crippen molar-refractivity contribution in [2.75, 3.05) is 5.75 Å². The van der Waals surface area contributed by atoms with Crippen molar-refractivity contribution in [2.45, 2.75) is 19.0 Å². The largest absolute Gasteiger partial charge is 0.293 e. The number of ketones is 1. The molecule has 0 bridgehead atoms. The minimum absolute atomic E-state index is 0.0788. The van der Waals surface area contributed by atoms with E-state index in [1.807, 2.05) is 54.6 Å². The number of carbonyl (C=O) groups is 1. The first-order chi connectivity index (χ1) is 10.1. The number of fused-ring (bicyclic) bond motifs is 1. The molecule has 0 aliphatic rings. The number of thioether (sulfide) groups is 1. The van der Waals surface area contributed by atoms with Gasteiger partial charge in [0, 0.05) is 17.0 Å². The van der Waals surface area contributed by atoms with Crippen LogP contribution in [-0.4, -0.2) is 31.1 Å². The Bertz CT molecular complexity index is 798. The van der Waals surface area contributed by atoms with Crippen LogP contribution in [0.5, 0.6) is 0 Å². The first kappa shape index (κ1) is 13.8. The van der Waals surface area contributed by atoms with Crippen LogP contribution in [0.4, 0.5) is 0 Å². The van der Waals surface area contributed by atoms with Gasteiger partial charge in [-0.25, -0.2) is 4.98 Å². The maximum atomic E-state index is 12.1. The van der Waals surface area contributed by atoms with E-state index in [1.54, 1.807) is 0 Å². The van der Waals surface area contributed by atoms with Crippen LogP contribution in [0, 0.1) is 13.8 Å². The summed E-state index contributed by atoms with van der Waals surface area (Å²) in [6.07, 6.45) is 0. The molecule has 0 unspecified atom stereocenters. The minimum Gasteiger partial charge on any atom is -0.293 e. The van der Waals surface area contributed by atoms with Crippen molar-refractivity contribution in [3.63, 3.8) is 0 Å². The Morgan fingerprint density at radius 1 is 1.19 bits per heavy atom. The van der Waals surface area contributed by atoms with Crippen molar-refractivity contribution in [2.24, 2.45) is 0 Å². The van der Waals surface area contributed by atoms with Gasteiger partial charge in [-0.1, -0.05) is 42.1 Å². The molecule has 106 valence electrons. The maximum Gasteiger partial charge on any atom is 0.256 e. The molecule has 0 spiro atoms. The van der Waals surface area contributed by atoms with E-state index in [2.05, 4.69) is 15.2 Å². The number of aromatic nitrogens is 4. The zero-order valence-electron chi connectivity index (χ0n) is 11.8. The van der Waals surface area contributed by atoms with Gasteiger partial charge in [0.05, 0.1) is 5.75 Å². The fraction of sp³-hybridized carbons (Fsp3) is 0.200. The van der Waals surface area contributed by atoms with Gasteiger partial charge in [0.15, 0.2) is 10.9 Å². The molecule has 0 saturated heterocycles. The topological polar surface area (TPSA) is 60.2 Å². The fourth-order valence-electron chi connectivity index (χ4n) is 2.13. The molecule has 5 nitrogen and oxygen atoms in total. The molecular formula is C15H14N4OS. The lowest BCUT2D eigenvalue weighted by molar-refractivity contribution is 0.102. The van der Waals surface area contributed by atoms with E-state index in [1.165, 1.54) is 11.8 Å². The fourth-order valence-corrected chi connectivity index (χ4v) is 3.01. The minimum atomic E-state index is 0.0788. The summed E-state index contributed by atoms with van der Waals surface area (Å²) < 4.78 is 1.87. The highest BCUT2D eigenvalue weighted by Crippen LogP contribution is 2.19. The normalized spacial score (nSPS) is 11.0. The highest BCUT2D eigenvalue weighted by atomic mass is 32.2. The summed E-state index contributed by atoms with van der Waals surface area (Å²) in [6.45, 7) is 3.90. The number of Topliss-reactive ketones (excluding diaryl/α,β-unsaturated/α-hetero) is 1. The van der Waals surface area contributed by atoms with Gasteiger partial charge >= 0.3 is 0 Å². The standard InChI is InChI=1S/C15H14N4OS/c1-10-8-11(2)19-14(16-10)17-18-15(19)21-9-13(20)12-6-4-3-5-7-12/h3-8H,9H2,1-2H3. The molecular weight excluding hydrogens is 284 g/mol. The van der Waals surface area contributed by atoms with E-state index in [4.69, 9.17) is 0 Å². The number of carbonyl (C=O) groups excluding carboxylic acids is 1. The molecule has 0 aliphatic carbocycles. The molecule has 3 rings (SSSR count). The van der Waals surface area contributed by atoms with Crippen LogP contribution in [0.2, 0.25) is 0 Å². The van der Waals surface area contributed by atoms with Crippen molar-refractivity contribution in [1.29, 1.82) is 0 Å². The summed E-state index contributed by atoms with van der Waals surface area (Å²) >= 11 is 1.38. The number of aryl methyl sites for hydroxylation is 2. The lowest BCUT2D eigenvalue weighted by Crippen LogP contribution is -2.03. The van der Waals surface area contributed by atoms with Crippen molar-refractivity contribution >= 4 is 23.3 Å². The lowest BCUT2D eigenvalue weighted by Gasteiger charge is -2.04. The zero-order chi connectivity index (χ0) is 14.8. The molecule has 0 saturated carbocycles. The van der Waals surface area contributed by atoms with Crippen molar-refractivity contribution in [3.8, 4) is 0 Å². The van der Waals surface area contributed by atoms with Crippen LogP contribution in [0.3, 0.4) is 0 Å². The molecule has 0 fully saturated rings. The van der Waals surface area contributed by atoms with Crippen LogP contribution in [0.1, 0.15) is 21.7 Å². The monoisotopic (exact) mass is 298 g/mol. The van der Waals surface area contributed by atoms with Crippen LogP contribution in [0.25, 0.3) is 5.78 Å². The van der Waals surface area contributed by atoms with E-state index in [0.717, 1.165) is 11.4 Å². The van der Waals surface area contributed by atoms with Gasteiger partial charge in [0.25, 0.3) is 5.78 Å². The van der Waals surface area contributed by atoms with Crippen LogP contribution in [0.15, 0.2) is 41.6 Å². The van der Waals surface area contributed by atoms with Crippen LogP contribution in [-0.2, 0) is 0 Å². The van der Waals surface area contributed by atoms with Gasteiger partial charge in [-0.3, -0.25) is 9.20 Å². The van der Waals surface area contributed by atoms with E-state index in [0.29, 0.717) is 22.3 Å². The number of nitrogens with zero attached hydrogens (tertiary/aromatic N) is 4. The third-order valence-corrected chi connectivity index (χ3v) is 4.02. The summed E-state index contributed by atoms with van der Waals surface area (Å²) in [4.78, 5) is 16.5. The molecule has 2 heterocycles. The Hall–Kier alpha value is -2.21. The quantitative estimate of drug-likeness (QED) is 0.547. The zero-order valence-corrected chi connectivity index (χ0v) is 12.6. The van der Waals surface area contributed by atoms with Gasteiger partial charge in [0.2, 0.25) is 0 Å². The molecule has 0 radical (unpaired) electrons. The van der Waals surface area contributed by atoms with Crippen molar-refractivity contribution in [1.82, 2.24) is 19.6 Å². The molecule has 0 N–H and O–H groups in total. The Morgan fingerprint density at radius 3 is 2.71 bits per heavy atom. The average molecular weight is 298 g/mol. The molecule has 1 aromatic carbocycles.